The first kappa shape index (κ1) is 21.8. The van der Waals surface area contributed by atoms with Gasteiger partial charge in [0.15, 0.2) is 0 Å². The van der Waals surface area contributed by atoms with Crippen LogP contribution in [0.15, 0.2) is 24.4 Å². The molecule has 2 saturated carbocycles. The highest BCUT2D eigenvalue weighted by Gasteiger charge is 2.53. The molecular formula is C23H35N3O3. The molecule has 0 radical (unpaired) electrons. The number of pyridine rings is 1. The molecule has 0 saturated heterocycles. The summed E-state index contributed by atoms with van der Waals surface area (Å²) in [4.78, 5) is 28.6. The number of carbonyl (C=O) groups is 2. The summed E-state index contributed by atoms with van der Waals surface area (Å²) in [7, 11) is 0. The summed E-state index contributed by atoms with van der Waals surface area (Å²) < 4.78 is 0. The van der Waals surface area contributed by atoms with E-state index < -0.39 is 6.10 Å². The van der Waals surface area contributed by atoms with E-state index in [0.29, 0.717) is 6.54 Å². The number of nitrogens with zero attached hydrogens (tertiary/aromatic N) is 1. The average Bonchev–Trinajstić information content (AvgIpc) is 2.68. The van der Waals surface area contributed by atoms with Gasteiger partial charge in [-0.15, -0.1) is 0 Å². The van der Waals surface area contributed by atoms with Crippen LogP contribution < -0.4 is 10.6 Å². The Balaban J connectivity index is 1.67. The molecule has 2 fully saturated rings. The summed E-state index contributed by atoms with van der Waals surface area (Å²) in [5, 5.41) is 17.4. The Labute approximate surface area is 173 Å². The Kier molecular flexibility index (Phi) is 6.62. The molecule has 1 aromatic rings. The highest BCUT2D eigenvalue weighted by molar-refractivity contribution is 5.78. The molecule has 2 aliphatic carbocycles. The number of aliphatic hydroxyl groups is 1. The van der Waals surface area contributed by atoms with Crippen LogP contribution in [-0.4, -0.2) is 34.1 Å². The number of hydrogen-bond donors (Lipinski definition) is 3. The first-order valence-corrected chi connectivity index (χ1v) is 10.9. The van der Waals surface area contributed by atoms with Crippen molar-refractivity contribution in [2.24, 2.45) is 29.1 Å². The maximum absolute atomic E-state index is 12.8. The lowest BCUT2D eigenvalue weighted by atomic mass is 9.51. The van der Waals surface area contributed by atoms with Crippen molar-refractivity contribution < 1.29 is 14.7 Å². The maximum atomic E-state index is 12.8. The first-order valence-electron chi connectivity index (χ1n) is 10.9. The zero-order chi connectivity index (χ0) is 21.2. The first-order chi connectivity index (χ1) is 13.7. The quantitative estimate of drug-likeness (QED) is 0.707. The SMILES string of the molecule is CC(=O)N[C@H]1CC[C@]2(C)CC[C@@H]([C@H](C)C(=O)NCc3ccccn3)[C@H](O)[C@H]2[C@@H]1C. The van der Waals surface area contributed by atoms with Gasteiger partial charge in [0, 0.05) is 25.1 Å². The minimum Gasteiger partial charge on any atom is -0.392 e. The summed E-state index contributed by atoms with van der Waals surface area (Å²) in [6.07, 6.45) is 4.98. The van der Waals surface area contributed by atoms with Crippen LogP contribution in [0, 0.1) is 29.1 Å². The molecule has 0 aliphatic heterocycles. The smallest absolute Gasteiger partial charge is 0.223 e. The maximum Gasteiger partial charge on any atom is 0.223 e. The standard InChI is InChI=1S/C23H35N3O3/c1-14(22(29)25-13-17-7-5-6-12-24-17)18-8-10-23(4)11-9-19(26-16(3)27)15(2)20(23)21(18)28/h5-7,12,14-15,18-21,28H,8-11,13H2,1-4H3,(H,25,29)(H,26,27)/t14-,15+,18-,19-,20+,21-,23-/m0/s1. The molecule has 29 heavy (non-hydrogen) atoms. The molecule has 160 valence electrons. The van der Waals surface area contributed by atoms with Crippen LogP contribution in [0.25, 0.3) is 0 Å². The minimum absolute atomic E-state index is 0.0189. The fourth-order valence-electron chi connectivity index (χ4n) is 5.79. The molecule has 1 aromatic heterocycles. The van der Waals surface area contributed by atoms with Gasteiger partial charge in [-0.3, -0.25) is 14.6 Å². The van der Waals surface area contributed by atoms with Crippen LogP contribution in [0.4, 0.5) is 0 Å². The second kappa shape index (κ2) is 8.82. The highest BCUT2D eigenvalue weighted by Crippen LogP contribution is 2.55. The number of aromatic nitrogens is 1. The number of aliphatic hydroxyl groups excluding tert-OH is 1. The summed E-state index contributed by atoms with van der Waals surface area (Å²) >= 11 is 0. The highest BCUT2D eigenvalue weighted by atomic mass is 16.3. The zero-order valence-corrected chi connectivity index (χ0v) is 18.0. The molecule has 2 amide bonds. The van der Waals surface area contributed by atoms with Gasteiger partial charge in [-0.05, 0) is 61.0 Å². The predicted molar refractivity (Wildman–Crippen MR) is 112 cm³/mol. The van der Waals surface area contributed by atoms with Gasteiger partial charge in [0.1, 0.15) is 0 Å². The van der Waals surface area contributed by atoms with Crippen molar-refractivity contribution in [1.29, 1.82) is 0 Å². The third-order valence-electron chi connectivity index (χ3n) is 7.50. The zero-order valence-electron chi connectivity index (χ0n) is 18.0. The van der Waals surface area contributed by atoms with E-state index in [2.05, 4.69) is 29.5 Å². The van der Waals surface area contributed by atoms with E-state index in [1.54, 1.807) is 13.1 Å². The number of rotatable bonds is 5. The number of amides is 2. The molecule has 7 atom stereocenters. The van der Waals surface area contributed by atoms with Crippen molar-refractivity contribution in [2.45, 2.75) is 72.1 Å². The lowest BCUT2D eigenvalue weighted by Crippen LogP contribution is -2.58. The van der Waals surface area contributed by atoms with Crippen molar-refractivity contribution in [3.8, 4) is 0 Å². The summed E-state index contributed by atoms with van der Waals surface area (Å²) in [6.45, 7) is 8.27. The van der Waals surface area contributed by atoms with Crippen molar-refractivity contribution in [3.63, 3.8) is 0 Å². The third-order valence-corrected chi connectivity index (χ3v) is 7.50. The minimum atomic E-state index is -0.545. The Morgan fingerprint density at radius 3 is 2.69 bits per heavy atom. The predicted octanol–water partition coefficient (Wildman–Crippen LogP) is 2.66. The van der Waals surface area contributed by atoms with Crippen molar-refractivity contribution >= 4 is 11.8 Å². The number of nitrogens with one attached hydrogen (secondary N) is 2. The third kappa shape index (κ3) is 4.63. The fourth-order valence-corrected chi connectivity index (χ4v) is 5.79. The van der Waals surface area contributed by atoms with Gasteiger partial charge < -0.3 is 15.7 Å². The normalized spacial score (nSPS) is 35.3. The second-order valence-corrected chi connectivity index (χ2v) is 9.41. The van der Waals surface area contributed by atoms with Gasteiger partial charge >= 0.3 is 0 Å². The molecular weight excluding hydrogens is 366 g/mol. The molecule has 0 bridgehead atoms. The van der Waals surface area contributed by atoms with E-state index in [1.165, 1.54) is 0 Å². The molecule has 6 heteroatoms. The van der Waals surface area contributed by atoms with Crippen LogP contribution >= 0.6 is 0 Å². The number of carbonyl (C=O) groups excluding carboxylic acids is 2. The largest absolute Gasteiger partial charge is 0.392 e. The molecule has 6 nitrogen and oxygen atoms in total. The Morgan fingerprint density at radius 2 is 2.03 bits per heavy atom. The van der Waals surface area contributed by atoms with Crippen molar-refractivity contribution in [2.75, 3.05) is 0 Å². The van der Waals surface area contributed by atoms with Gasteiger partial charge in [0.05, 0.1) is 18.3 Å². The topological polar surface area (TPSA) is 91.3 Å². The lowest BCUT2D eigenvalue weighted by Gasteiger charge is -2.56. The van der Waals surface area contributed by atoms with Gasteiger partial charge in [0.25, 0.3) is 0 Å². The number of hydrogen-bond acceptors (Lipinski definition) is 4. The van der Waals surface area contributed by atoms with Gasteiger partial charge in [-0.2, -0.15) is 0 Å². The van der Waals surface area contributed by atoms with E-state index in [4.69, 9.17) is 0 Å². The Morgan fingerprint density at radius 1 is 1.31 bits per heavy atom. The van der Waals surface area contributed by atoms with Crippen molar-refractivity contribution in [1.82, 2.24) is 15.6 Å². The van der Waals surface area contributed by atoms with E-state index in [-0.39, 0.29) is 46.9 Å². The van der Waals surface area contributed by atoms with E-state index >= 15 is 0 Å². The van der Waals surface area contributed by atoms with Crippen LogP contribution in [0.1, 0.15) is 59.1 Å². The monoisotopic (exact) mass is 401 g/mol. The van der Waals surface area contributed by atoms with Crippen LogP contribution in [0.2, 0.25) is 0 Å². The summed E-state index contributed by atoms with van der Waals surface area (Å²) in [6, 6.07) is 5.73. The molecule has 1 heterocycles. The van der Waals surface area contributed by atoms with Gasteiger partial charge in [-0.25, -0.2) is 0 Å². The van der Waals surface area contributed by atoms with Crippen LogP contribution in [0.5, 0.6) is 0 Å². The average molecular weight is 402 g/mol. The fraction of sp³-hybridized carbons (Fsp3) is 0.696. The van der Waals surface area contributed by atoms with Gasteiger partial charge in [0.2, 0.25) is 11.8 Å². The van der Waals surface area contributed by atoms with E-state index in [1.807, 2.05) is 25.1 Å². The van der Waals surface area contributed by atoms with Gasteiger partial charge in [-0.1, -0.05) is 26.8 Å². The second-order valence-electron chi connectivity index (χ2n) is 9.41. The summed E-state index contributed by atoms with van der Waals surface area (Å²) in [5.41, 5.74) is 0.887. The van der Waals surface area contributed by atoms with Crippen molar-refractivity contribution in [3.05, 3.63) is 30.1 Å². The molecule has 2 aliphatic rings. The molecule has 0 aromatic carbocycles. The molecule has 3 rings (SSSR count). The van der Waals surface area contributed by atoms with E-state index in [9.17, 15) is 14.7 Å². The molecule has 3 N–H and O–H groups in total. The Bertz CT molecular complexity index is 725. The summed E-state index contributed by atoms with van der Waals surface area (Å²) in [5.74, 6) is -0.140. The molecule has 0 unspecified atom stereocenters. The molecule has 0 spiro atoms. The Hall–Kier alpha value is -1.95. The van der Waals surface area contributed by atoms with Crippen LogP contribution in [0.3, 0.4) is 0 Å². The van der Waals surface area contributed by atoms with E-state index in [0.717, 1.165) is 31.4 Å². The lowest BCUT2D eigenvalue weighted by molar-refractivity contribution is -0.143. The van der Waals surface area contributed by atoms with Crippen LogP contribution in [-0.2, 0) is 16.1 Å². The number of fused-ring (bicyclic) bond motifs is 1.